The van der Waals surface area contributed by atoms with Crippen LogP contribution in [0.5, 0.6) is 0 Å². The molecule has 0 aliphatic heterocycles. The van der Waals surface area contributed by atoms with Gasteiger partial charge in [-0.3, -0.25) is 0 Å². The van der Waals surface area contributed by atoms with Gasteiger partial charge in [0.15, 0.2) is 0 Å². The number of nitrogens with two attached hydrogens (primary N) is 1. The Balaban J connectivity index is 3.76. The highest BCUT2D eigenvalue weighted by atomic mass is 14.9. The standard InChI is InChI=1S/C14H32N2/c1-5-9-10-13(6-2)11-16-12-14(15,7-3)8-4/h13,16H,5-12,15H2,1-4H3. The molecule has 0 amide bonds. The Morgan fingerprint density at radius 1 is 1.12 bits per heavy atom. The van der Waals surface area contributed by atoms with Crippen molar-refractivity contribution in [2.45, 2.75) is 71.8 Å². The van der Waals surface area contributed by atoms with Gasteiger partial charge in [-0.2, -0.15) is 0 Å². The van der Waals surface area contributed by atoms with Crippen LogP contribution >= 0.6 is 0 Å². The van der Waals surface area contributed by atoms with E-state index in [1.54, 1.807) is 0 Å². The Kier molecular flexibility index (Phi) is 8.96. The molecule has 3 N–H and O–H groups in total. The van der Waals surface area contributed by atoms with Crippen molar-refractivity contribution in [1.82, 2.24) is 5.32 Å². The SMILES string of the molecule is CCCCC(CC)CNCC(N)(CC)CC. The van der Waals surface area contributed by atoms with Crippen LogP contribution in [0.15, 0.2) is 0 Å². The van der Waals surface area contributed by atoms with E-state index in [1.807, 2.05) is 0 Å². The molecule has 0 spiro atoms. The fourth-order valence-electron chi connectivity index (χ4n) is 1.97. The molecule has 0 heterocycles. The van der Waals surface area contributed by atoms with Gasteiger partial charge in [-0.15, -0.1) is 0 Å². The Labute approximate surface area is 102 Å². The van der Waals surface area contributed by atoms with Crippen molar-refractivity contribution in [3.63, 3.8) is 0 Å². The van der Waals surface area contributed by atoms with Gasteiger partial charge in [0.25, 0.3) is 0 Å². The first-order valence-electron chi connectivity index (χ1n) is 7.11. The molecule has 0 rings (SSSR count). The third-order valence-corrected chi connectivity index (χ3v) is 3.86. The summed E-state index contributed by atoms with van der Waals surface area (Å²) in [5, 5.41) is 3.56. The van der Waals surface area contributed by atoms with Gasteiger partial charge in [0, 0.05) is 12.1 Å². The van der Waals surface area contributed by atoms with E-state index in [0.717, 1.165) is 31.8 Å². The maximum atomic E-state index is 6.26. The largest absolute Gasteiger partial charge is 0.324 e. The van der Waals surface area contributed by atoms with Gasteiger partial charge in [-0.1, -0.05) is 47.0 Å². The van der Waals surface area contributed by atoms with Crippen molar-refractivity contribution < 1.29 is 0 Å². The Morgan fingerprint density at radius 3 is 2.19 bits per heavy atom. The lowest BCUT2D eigenvalue weighted by Gasteiger charge is -2.28. The fourth-order valence-corrected chi connectivity index (χ4v) is 1.97. The zero-order valence-electron chi connectivity index (χ0n) is 11.8. The number of hydrogen-bond acceptors (Lipinski definition) is 2. The van der Waals surface area contributed by atoms with Gasteiger partial charge < -0.3 is 11.1 Å². The van der Waals surface area contributed by atoms with Crippen molar-refractivity contribution in [3.05, 3.63) is 0 Å². The molecule has 1 unspecified atom stereocenters. The molecule has 0 aromatic rings. The van der Waals surface area contributed by atoms with Crippen LogP contribution < -0.4 is 11.1 Å². The average molecular weight is 228 g/mol. The molecule has 0 fully saturated rings. The van der Waals surface area contributed by atoms with E-state index in [2.05, 4.69) is 33.0 Å². The zero-order valence-corrected chi connectivity index (χ0v) is 11.8. The monoisotopic (exact) mass is 228 g/mol. The predicted molar refractivity (Wildman–Crippen MR) is 73.7 cm³/mol. The molecule has 0 aliphatic carbocycles. The number of rotatable bonds is 10. The molecule has 0 saturated carbocycles. The molecule has 2 heteroatoms. The van der Waals surface area contributed by atoms with Crippen LogP contribution in [0, 0.1) is 5.92 Å². The van der Waals surface area contributed by atoms with Crippen LogP contribution in [-0.4, -0.2) is 18.6 Å². The van der Waals surface area contributed by atoms with Crippen LogP contribution in [0.25, 0.3) is 0 Å². The van der Waals surface area contributed by atoms with Crippen LogP contribution in [0.3, 0.4) is 0 Å². The summed E-state index contributed by atoms with van der Waals surface area (Å²) < 4.78 is 0. The predicted octanol–water partition coefficient (Wildman–Crippen LogP) is 3.31. The second kappa shape index (κ2) is 9.00. The van der Waals surface area contributed by atoms with E-state index in [-0.39, 0.29) is 5.54 Å². The third-order valence-electron chi connectivity index (χ3n) is 3.86. The molecule has 1 atom stereocenters. The molecule has 0 bridgehead atoms. The molecule has 0 radical (unpaired) electrons. The third kappa shape index (κ3) is 6.49. The van der Waals surface area contributed by atoms with Gasteiger partial charge in [-0.25, -0.2) is 0 Å². The van der Waals surface area contributed by atoms with E-state index < -0.39 is 0 Å². The summed E-state index contributed by atoms with van der Waals surface area (Å²) >= 11 is 0. The summed E-state index contributed by atoms with van der Waals surface area (Å²) in [6.45, 7) is 11.0. The summed E-state index contributed by atoms with van der Waals surface area (Å²) in [5.41, 5.74) is 6.26. The molecule has 0 aromatic carbocycles. The maximum absolute atomic E-state index is 6.26. The fraction of sp³-hybridized carbons (Fsp3) is 1.00. The lowest BCUT2D eigenvalue weighted by Crippen LogP contribution is -2.48. The maximum Gasteiger partial charge on any atom is 0.0275 e. The first-order chi connectivity index (χ1) is 7.61. The minimum absolute atomic E-state index is 0.00302. The number of nitrogens with one attached hydrogen (secondary N) is 1. The lowest BCUT2D eigenvalue weighted by molar-refractivity contribution is 0.341. The minimum Gasteiger partial charge on any atom is -0.324 e. The highest BCUT2D eigenvalue weighted by Gasteiger charge is 2.19. The summed E-state index contributed by atoms with van der Waals surface area (Å²) in [6, 6.07) is 0. The Hall–Kier alpha value is -0.0800. The van der Waals surface area contributed by atoms with Crippen molar-refractivity contribution >= 4 is 0 Å². The normalized spacial score (nSPS) is 14.1. The molecule has 98 valence electrons. The first kappa shape index (κ1) is 15.9. The lowest BCUT2D eigenvalue weighted by atomic mass is 9.93. The summed E-state index contributed by atoms with van der Waals surface area (Å²) in [7, 11) is 0. The van der Waals surface area contributed by atoms with Gasteiger partial charge in [-0.05, 0) is 31.7 Å². The summed E-state index contributed by atoms with van der Waals surface area (Å²) in [6.07, 6.45) is 7.42. The quantitative estimate of drug-likeness (QED) is 0.602. The second-order valence-corrected chi connectivity index (χ2v) is 5.12. The molecule has 0 aliphatic rings. The highest BCUT2D eigenvalue weighted by Crippen LogP contribution is 2.13. The molecule has 2 nitrogen and oxygen atoms in total. The Bertz CT molecular complexity index is 153. The summed E-state index contributed by atoms with van der Waals surface area (Å²) in [5.74, 6) is 0.831. The van der Waals surface area contributed by atoms with Crippen LogP contribution in [0.4, 0.5) is 0 Å². The molecular weight excluding hydrogens is 196 g/mol. The van der Waals surface area contributed by atoms with Gasteiger partial charge in [0.2, 0.25) is 0 Å². The van der Waals surface area contributed by atoms with Gasteiger partial charge >= 0.3 is 0 Å². The molecule has 0 aromatic heterocycles. The average Bonchev–Trinajstić information content (AvgIpc) is 2.33. The van der Waals surface area contributed by atoms with Gasteiger partial charge in [0.05, 0.1) is 0 Å². The second-order valence-electron chi connectivity index (χ2n) is 5.12. The van der Waals surface area contributed by atoms with E-state index in [9.17, 15) is 0 Å². The van der Waals surface area contributed by atoms with Crippen molar-refractivity contribution in [2.24, 2.45) is 11.7 Å². The van der Waals surface area contributed by atoms with Crippen LogP contribution in [-0.2, 0) is 0 Å². The van der Waals surface area contributed by atoms with E-state index in [1.165, 1.54) is 25.7 Å². The van der Waals surface area contributed by atoms with Crippen LogP contribution in [0.1, 0.15) is 66.2 Å². The molecule has 0 saturated heterocycles. The zero-order chi connectivity index (χ0) is 12.4. The number of unbranched alkanes of at least 4 members (excludes halogenated alkanes) is 1. The topological polar surface area (TPSA) is 38.0 Å². The van der Waals surface area contributed by atoms with Crippen molar-refractivity contribution in [1.29, 1.82) is 0 Å². The summed E-state index contributed by atoms with van der Waals surface area (Å²) in [4.78, 5) is 0. The van der Waals surface area contributed by atoms with Crippen molar-refractivity contribution in [3.8, 4) is 0 Å². The highest BCUT2D eigenvalue weighted by molar-refractivity contribution is 4.83. The first-order valence-corrected chi connectivity index (χ1v) is 7.11. The van der Waals surface area contributed by atoms with E-state index in [0.29, 0.717) is 0 Å². The van der Waals surface area contributed by atoms with Crippen molar-refractivity contribution in [2.75, 3.05) is 13.1 Å². The smallest absolute Gasteiger partial charge is 0.0275 e. The molecular formula is C14H32N2. The van der Waals surface area contributed by atoms with Crippen LogP contribution in [0.2, 0.25) is 0 Å². The minimum atomic E-state index is 0.00302. The molecule has 16 heavy (non-hydrogen) atoms. The van der Waals surface area contributed by atoms with E-state index >= 15 is 0 Å². The van der Waals surface area contributed by atoms with Gasteiger partial charge in [0.1, 0.15) is 0 Å². The Morgan fingerprint density at radius 2 is 1.75 bits per heavy atom. The van der Waals surface area contributed by atoms with E-state index in [4.69, 9.17) is 5.73 Å². The number of hydrogen-bond donors (Lipinski definition) is 2.